The lowest BCUT2D eigenvalue weighted by atomic mass is 9.94. The van der Waals surface area contributed by atoms with Gasteiger partial charge >= 0.3 is 12.2 Å². The van der Waals surface area contributed by atoms with Gasteiger partial charge in [-0.1, -0.05) is 36.4 Å². The molecule has 1 aliphatic carbocycles. The van der Waals surface area contributed by atoms with Crippen LogP contribution >= 0.6 is 0 Å². The summed E-state index contributed by atoms with van der Waals surface area (Å²) >= 11 is 0. The molecule has 0 radical (unpaired) electrons. The summed E-state index contributed by atoms with van der Waals surface area (Å²) in [7, 11) is 0. The van der Waals surface area contributed by atoms with Gasteiger partial charge in [-0.05, 0) is 49.9 Å². The van der Waals surface area contributed by atoms with Crippen molar-refractivity contribution in [2.24, 2.45) is 0 Å². The maximum absolute atomic E-state index is 12.1. The van der Waals surface area contributed by atoms with Crippen molar-refractivity contribution in [2.45, 2.75) is 37.9 Å². The molecule has 1 saturated carbocycles. The van der Waals surface area contributed by atoms with Gasteiger partial charge in [0.2, 0.25) is 0 Å². The Kier molecular flexibility index (Phi) is 6.09. The highest BCUT2D eigenvalue weighted by molar-refractivity contribution is 5.85. The van der Waals surface area contributed by atoms with E-state index in [0.29, 0.717) is 24.2 Å². The van der Waals surface area contributed by atoms with Crippen LogP contribution in [0.25, 0.3) is 0 Å². The topological polar surface area (TPSA) is 76.7 Å². The Morgan fingerprint density at radius 1 is 0.692 bits per heavy atom. The maximum atomic E-state index is 12.1. The first-order chi connectivity index (χ1) is 12.7. The monoisotopic (exact) mass is 354 g/mol. The van der Waals surface area contributed by atoms with Gasteiger partial charge in [0.1, 0.15) is 12.2 Å². The molecular weight excluding hydrogens is 332 g/mol. The highest BCUT2D eigenvalue weighted by Crippen LogP contribution is 2.25. The lowest BCUT2D eigenvalue weighted by molar-refractivity contribution is -0.0229. The number of hydrogen-bond donors (Lipinski definition) is 2. The highest BCUT2D eigenvalue weighted by Gasteiger charge is 2.31. The zero-order valence-corrected chi connectivity index (χ0v) is 14.4. The molecule has 6 nitrogen and oxygen atoms in total. The van der Waals surface area contributed by atoms with Crippen LogP contribution < -0.4 is 10.6 Å². The average Bonchev–Trinajstić information content (AvgIpc) is 2.65. The number of rotatable bonds is 4. The van der Waals surface area contributed by atoms with E-state index in [9.17, 15) is 9.59 Å². The van der Waals surface area contributed by atoms with Crippen LogP contribution in [0.3, 0.4) is 0 Å². The van der Waals surface area contributed by atoms with Crippen molar-refractivity contribution in [1.29, 1.82) is 0 Å². The molecule has 2 aromatic rings. The van der Waals surface area contributed by atoms with Gasteiger partial charge in [-0.2, -0.15) is 0 Å². The quantitative estimate of drug-likeness (QED) is 0.827. The Morgan fingerprint density at radius 2 is 1.08 bits per heavy atom. The molecule has 2 amide bonds. The van der Waals surface area contributed by atoms with Crippen LogP contribution in [-0.4, -0.2) is 24.4 Å². The SMILES string of the molecule is O=C(Nc1ccccc1)OC1CCCCC1OC(=O)Nc1ccccc1. The van der Waals surface area contributed by atoms with Gasteiger partial charge in [0.15, 0.2) is 0 Å². The molecule has 6 heteroatoms. The predicted octanol–water partition coefficient (Wildman–Crippen LogP) is 4.80. The third-order valence-corrected chi connectivity index (χ3v) is 4.20. The first kappa shape index (κ1) is 17.8. The minimum absolute atomic E-state index is 0.450. The second kappa shape index (κ2) is 8.89. The number of hydrogen-bond acceptors (Lipinski definition) is 4. The second-order valence-corrected chi connectivity index (χ2v) is 6.15. The third kappa shape index (κ3) is 5.24. The van der Waals surface area contributed by atoms with Gasteiger partial charge in [-0.15, -0.1) is 0 Å². The zero-order chi connectivity index (χ0) is 18.2. The molecule has 1 fully saturated rings. The molecule has 2 aromatic carbocycles. The molecule has 3 rings (SSSR count). The molecule has 2 N–H and O–H groups in total. The minimum atomic E-state index is -0.542. The fourth-order valence-electron chi connectivity index (χ4n) is 2.95. The van der Waals surface area contributed by atoms with E-state index in [-0.39, 0.29) is 0 Å². The molecule has 0 aliphatic heterocycles. The van der Waals surface area contributed by atoms with Crippen molar-refractivity contribution < 1.29 is 19.1 Å². The first-order valence-electron chi connectivity index (χ1n) is 8.76. The van der Waals surface area contributed by atoms with E-state index in [2.05, 4.69) is 10.6 Å². The molecule has 26 heavy (non-hydrogen) atoms. The number of para-hydroxylation sites is 2. The molecule has 1 aliphatic rings. The Bertz CT molecular complexity index is 658. The Morgan fingerprint density at radius 3 is 1.46 bits per heavy atom. The van der Waals surface area contributed by atoms with Gasteiger partial charge in [-0.25, -0.2) is 9.59 Å². The lowest BCUT2D eigenvalue weighted by Crippen LogP contribution is -2.39. The maximum Gasteiger partial charge on any atom is 0.412 e. The number of anilines is 2. The van der Waals surface area contributed by atoms with Crippen LogP contribution in [0.4, 0.5) is 21.0 Å². The first-order valence-corrected chi connectivity index (χ1v) is 8.76. The number of ether oxygens (including phenoxy) is 2. The van der Waals surface area contributed by atoms with E-state index in [1.165, 1.54) is 0 Å². The van der Waals surface area contributed by atoms with Crippen LogP contribution in [0.5, 0.6) is 0 Å². The zero-order valence-electron chi connectivity index (χ0n) is 14.4. The summed E-state index contributed by atoms with van der Waals surface area (Å²) in [5, 5.41) is 5.37. The largest absolute Gasteiger partial charge is 0.442 e. The van der Waals surface area contributed by atoms with E-state index < -0.39 is 24.4 Å². The molecule has 136 valence electrons. The van der Waals surface area contributed by atoms with Gasteiger partial charge in [-0.3, -0.25) is 10.6 Å². The van der Waals surface area contributed by atoms with Gasteiger partial charge < -0.3 is 9.47 Å². The smallest absolute Gasteiger partial charge is 0.412 e. The number of nitrogens with one attached hydrogen (secondary N) is 2. The minimum Gasteiger partial charge on any atom is -0.442 e. The Balaban J connectivity index is 1.53. The summed E-state index contributed by atoms with van der Waals surface area (Å²) in [6.45, 7) is 0. The van der Waals surface area contributed by atoms with Gasteiger partial charge in [0, 0.05) is 11.4 Å². The van der Waals surface area contributed by atoms with Crippen molar-refractivity contribution in [3.05, 3.63) is 60.7 Å². The molecule has 0 saturated heterocycles. The fraction of sp³-hybridized carbons (Fsp3) is 0.300. The molecular formula is C20H22N2O4. The molecule has 0 bridgehead atoms. The van der Waals surface area contributed by atoms with Crippen molar-refractivity contribution in [3.8, 4) is 0 Å². The van der Waals surface area contributed by atoms with Crippen molar-refractivity contribution in [3.63, 3.8) is 0 Å². The van der Waals surface area contributed by atoms with Crippen LogP contribution in [0.15, 0.2) is 60.7 Å². The van der Waals surface area contributed by atoms with Crippen LogP contribution in [0, 0.1) is 0 Å². The normalized spacial score (nSPS) is 19.2. The van der Waals surface area contributed by atoms with Crippen molar-refractivity contribution >= 4 is 23.6 Å². The van der Waals surface area contributed by atoms with E-state index in [1.807, 2.05) is 36.4 Å². The predicted molar refractivity (Wildman–Crippen MR) is 99.1 cm³/mol. The summed E-state index contributed by atoms with van der Waals surface area (Å²) in [6.07, 6.45) is 1.23. The van der Waals surface area contributed by atoms with Crippen molar-refractivity contribution in [1.82, 2.24) is 0 Å². The third-order valence-electron chi connectivity index (χ3n) is 4.20. The van der Waals surface area contributed by atoms with E-state index in [1.54, 1.807) is 24.3 Å². The molecule has 0 spiro atoms. The summed E-state index contributed by atoms with van der Waals surface area (Å²) < 4.78 is 11.0. The molecule has 2 atom stereocenters. The van der Waals surface area contributed by atoms with Gasteiger partial charge in [0.25, 0.3) is 0 Å². The Labute approximate surface area is 152 Å². The second-order valence-electron chi connectivity index (χ2n) is 6.15. The van der Waals surface area contributed by atoms with Gasteiger partial charge in [0.05, 0.1) is 0 Å². The van der Waals surface area contributed by atoms with Crippen LogP contribution in [0.1, 0.15) is 25.7 Å². The highest BCUT2D eigenvalue weighted by atomic mass is 16.6. The van der Waals surface area contributed by atoms with Crippen LogP contribution in [-0.2, 0) is 9.47 Å². The van der Waals surface area contributed by atoms with E-state index in [0.717, 1.165) is 12.8 Å². The molecule has 2 unspecified atom stereocenters. The summed E-state index contributed by atoms with van der Waals surface area (Å²) in [5.74, 6) is 0. The number of benzene rings is 2. The average molecular weight is 354 g/mol. The Hall–Kier alpha value is -3.02. The molecule has 0 heterocycles. The molecule has 0 aromatic heterocycles. The van der Waals surface area contributed by atoms with Crippen LogP contribution in [0.2, 0.25) is 0 Å². The lowest BCUT2D eigenvalue weighted by Gasteiger charge is -2.30. The fourth-order valence-corrected chi connectivity index (χ4v) is 2.95. The van der Waals surface area contributed by atoms with E-state index in [4.69, 9.17) is 9.47 Å². The number of carbonyl (C=O) groups excluding carboxylic acids is 2. The number of amides is 2. The summed E-state index contributed by atoms with van der Waals surface area (Å²) in [6, 6.07) is 18.2. The standard InChI is InChI=1S/C20H22N2O4/c23-19(21-15-9-3-1-4-10-15)25-17-13-7-8-14-18(17)26-20(24)22-16-11-5-2-6-12-16/h1-6,9-12,17-18H,7-8,13-14H2,(H,21,23)(H,22,24). The summed E-state index contributed by atoms with van der Waals surface area (Å²) in [4.78, 5) is 24.2. The number of carbonyl (C=O) groups is 2. The van der Waals surface area contributed by atoms with E-state index >= 15 is 0 Å². The van der Waals surface area contributed by atoms with Crippen molar-refractivity contribution in [2.75, 3.05) is 10.6 Å². The summed E-state index contributed by atoms with van der Waals surface area (Å²) in [5.41, 5.74) is 1.32.